The lowest BCUT2D eigenvalue weighted by molar-refractivity contribution is -0.138. The number of benzene rings is 1. The number of pyridine rings is 1. The number of aliphatic carboxylic acids is 1. The Morgan fingerprint density at radius 3 is 2.77 bits per heavy atom. The Kier molecular flexibility index (Phi) is 5.26. The third kappa shape index (κ3) is 3.91. The van der Waals surface area contributed by atoms with E-state index in [1.807, 2.05) is 34.9 Å². The van der Waals surface area contributed by atoms with Gasteiger partial charge in [0.25, 0.3) is 0 Å². The van der Waals surface area contributed by atoms with Crippen LogP contribution in [-0.4, -0.2) is 67.6 Å². The van der Waals surface area contributed by atoms with E-state index in [-0.39, 0.29) is 12.4 Å². The predicted octanol–water partition coefficient (Wildman–Crippen LogP) is 1.45. The van der Waals surface area contributed by atoms with Crippen molar-refractivity contribution in [3.63, 3.8) is 0 Å². The molecule has 0 saturated carbocycles. The van der Waals surface area contributed by atoms with Crippen LogP contribution in [0.4, 0.5) is 5.82 Å². The molecule has 4 rings (SSSR count). The average molecular weight is 409 g/mol. The molecule has 3 N–H and O–H groups in total. The van der Waals surface area contributed by atoms with Crippen molar-refractivity contribution < 1.29 is 19.3 Å². The lowest BCUT2D eigenvalue weighted by atomic mass is 10.2. The number of anilines is 1. The van der Waals surface area contributed by atoms with E-state index < -0.39 is 5.97 Å². The number of hydrogen-bond donors (Lipinski definition) is 2. The van der Waals surface area contributed by atoms with E-state index in [4.69, 9.17) is 20.2 Å². The first-order valence-corrected chi connectivity index (χ1v) is 9.07. The molecule has 11 nitrogen and oxygen atoms in total. The lowest BCUT2D eigenvalue weighted by Gasteiger charge is -2.15. The van der Waals surface area contributed by atoms with Crippen molar-refractivity contribution in [2.45, 2.75) is 0 Å². The van der Waals surface area contributed by atoms with Gasteiger partial charge in [-0.3, -0.25) is 19.2 Å². The number of carboxylic acid groups (broad SMARTS) is 1. The Labute approximate surface area is 170 Å². The molecule has 0 atom stereocenters. The third-order valence-corrected chi connectivity index (χ3v) is 4.42. The molecule has 0 aliphatic heterocycles. The molecule has 0 bridgehead atoms. The number of carbonyl (C=O) groups is 1. The summed E-state index contributed by atoms with van der Waals surface area (Å²) in [5.74, 6) is 0.423. The molecule has 0 fully saturated rings. The van der Waals surface area contributed by atoms with Crippen LogP contribution in [-0.2, 0) is 4.79 Å². The van der Waals surface area contributed by atoms with E-state index in [0.717, 1.165) is 11.2 Å². The summed E-state index contributed by atoms with van der Waals surface area (Å²) in [7, 11) is 1.73. The summed E-state index contributed by atoms with van der Waals surface area (Å²) in [6, 6.07) is 9.26. The highest BCUT2D eigenvalue weighted by Gasteiger charge is 2.20. The topological polar surface area (TPSA) is 145 Å². The number of hydrogen-bond acceptors (Lipinski definition) is 9. The number of fused-ring (bicyclic) bond motifs is 1. The van der Waals surface area contributed by atoms with Crippen LogP contribution in [0, 0.1) is 0 Å². The number of rotatable bonds is 8. The molecule has 0 aliphatic rings. The maximum atomic E-state index is 10.7. The highest BCUT2D eigenvalue weighted by molar-refractivity contribution is 5.83. The van der Waals surface area contributed by atoms with Crippen LogP contribution < -0.4 is 10.5 Å². The molecule has 0 amide bonds. The second-order valence-corrected chi connectivity index (χ2v) is 6.61. The van der Waals surface area contributed by atoms with Gasteiger partial charge in [-0.25, -0.2) is 9.61 Å². The minimum absolute atomic E-state index is 0.0341. The second-order valence-electron chi connectivity index (χ2n) is 6.61. The number of nitrogen functional groups attached to an aromatic ring is 1. The quantitative estimate of drug-likeness (QED) is 0.438. The second kappa shape index (κ2) is 8.17. The molecule has 0 radical (unpaired) electrons. The normalized spacial score (nSPS) is 11.3. The van der Waals surface area contributed by atoms with Gasteiger partial charge in [-0.1, -0.05) is 0 Å². The average Bonchev–Trinajstić information content (AvgIpc) is 3.31. The standard InChI is InChI=1S/C19H19N7O4/c1-25(11-16(27)28)8-9-29-13-4-2-12(3-5-13)26-15-6-7-21-10-14(15)22-19(26)17-18(20)24-30-23-17/h2-7,10H,8-9,11H2,1H3,(H2,20,24)(H,27,28). The molecule has 11 heteroatoms. The molecular formula is C19H19N7O4. The summed E-state index contributed by atoms with van der Waals surface area (Å²) < 4.78 is 12.3. The summed E-state index contributed by atoms with van der Waals surface area (Å²) in [5, 5.41) is 16.3. The van der Waals surface area contributed by atoms with Crippen LogP contribution >= 0.6 is 0 Å². The number of likely N-dealkylation sites (N-methyl/N-ethyl adjacent to an activating group) is 1. The largest absolute Gasteiger partial charge is 0.492 e. The van der Waals surface area contributed by atoms with E-state index >= 15 is 0 Å². The monoisotopic (exact) mass is 409 g/mol. The Hall–Kier alpha value is -3.99. The fraction of sp³-hybridized carbons (Fsp3) is 0.211. The van der Waals surface area contributed by atoms with E-state index in [1.54, 1.807) is 24.3 Å². The first-order valence-electron chi connectivity index (χ1n) is 9.07. The first kappa shape index (κ1) is 19.3. The van der Waals surface area contributed by atoms with Gasteiger partial charge < -0.3 is 15.6 Å². The fourth-order valence-electron chi connectivity index (χ4n) is 3.02. The van der Waals surface area contributed by atoms with Crippen molar-refractivity contribution in [3.05, 3.63) is 42.7 Å². The Morgan fingerprint density at radius 2 is 2.07 bits per heavy atom. The molecular weight excluding hydrogens is 390 g/mol. The van der Waals surface area contributed by atoms with Crippen LogP contribution in [0.25, 0.3) is 28.2 Å². The summed E-state index contributed by atoms with van der Waals surface area (Å²) >= 11 is 0. The van der Waals surface area contributed by atoms with Gasteiger partial charge in [0.1, 0.15) is 17.9 Å². The van der Waals surface area contributed by atoms with Crippen LogP contribution in [0.3, 0.4) is 0 Å². The predicted molar refractivity (Wildman–Crippen MR) is 107 cm³/mol. The Morgan fingerprint density at radius 1 is 1.27 bits per heavy atom. The van der Waals surface area contributed by atoms with Gasteiger partial charge in [-0.15, -0.1) is 0 Å². The molecule has 4 aromatic rings. The molecule has 0 saturated heterocycles. The summed E-state index contributed by atoms with van der Waals surface area (Å²) in [6.45, 7) is 0.832. The maximum absolute atomic E-state index is 10.7. The zero-order chi connectivity index (χ0) is 21.1. The van der Waals surface area contributed by atoms with E-state index in [9.17, 15) is 4.79 Å². The van der Waals surface area contributed by atoms with Gasteiger partial charge >= 0.3 is 5.97 Å². The highest BCUT2D eigenvalue weighted by atomic mass is 16.6. The minimum atomic E-state index is -0.872. The maximum Gasteiger partial charge on any atom is 0.317 e. The SMILES string of the molecule is CN(CCOc1ccc(-n2c(-c3nonc3N)nc3cnccc32)cc1)CC(=O)O. The smallest absolute Gasteiger partial charge is 0.317 e. The van der Waals surface area contributed by atoms with Crippen LogP contribution in [0.15, 0.2) is 47.4 Å². The first-order chi connectivity index (χ1) is 14.5. The van der Waals surface area contributed by atoms with Gasteiger partial charge in [0.05, 0.1) is 18.3 Å². The number of aromatic nitrogens is 5. The van der Waals surface area contributed by atoms with Crippen molar-refractivity contribution in [1.29, 1.82) is 0 Å². The van der Waals surface area contributed by atoms with Crippen molar-refractivity contribution in [2.24, 2.45) is 0 Å². The zero-order valence-electron chi connectivity index (χ0n) is 16.1. The van der Waals surface area contributed by atoms with Crippen LogP contribution in [0.1, 0.15) is 0 Å². The molecule has 0 unspecified atom stereocenters. The minimum Gasteiger partial charge on any atom is -0.492 e. The molecule has 3 aromatic heterocycles. The molecule has 30 heavy (non-hydrogen) atoms. The molecule has 154 valence electrons. The van der Waals surface area contributed by atoms with Gasteiger partial charge in [-0.05, 0) is 47.7 Å². The van der Waals surface area contributed by atoms with Gasteiger partial charge in [0.2, 0.25) is 0 Å². The number of imidazole rings is 1. The Balaban J connectivity index is 1.59. The van der Waals surface area contributed by atoms with Crippen molar-refractivity contribution in [3.8, 4) is 23.0 Å². The van der Waals surface area contributed by atoms with Crippen molar-refractivity contribution >= 4 is 22.8 Å². The van der Waals surface area contributed by atoms with E-state index in [0.29, 0.717) is 35.9 Å². The van der Waals surface area contributed by atoms with Crippen LogP contribution in [0.2, 0.25) is 0 Å². The van der Waals surface area contributed by atoms with Gasteiger partial charge in [0.15, 0.2) is 17.3 Å². The van der Waals surface area contributed by atoms with Crippen LogP contribution in [0.5, 0.6) is 5.75 Å². The van der Waals surface area contributed by atoms with Gasteiger partial charge in [-0.2, -0.15) is 0 Å². The zero-order valence-corrected chi connectivity index (χ0v) is 16.1. The van der Waals surface area contributed by atoms with E-state index in [2.05, 4.69) is 20.3 Å². The third-order valence-electron chi connectivity index (χ3n) is 4.42. The summed E-state index contributed by atoms with van der Waals surface area (Å²) in [6.07, 6.45) is 3.34. The number of carboxylic acids is 1. The van der Waals surface area contributed by atoms with Gasteiger partial charge in [0, 0.05) is 18.4 Å². The molecule has 3 heterocycles. The highest BCUT2D eigenvalue weighted by Crippen LogP contribution is 2.30. The molecule has 0 spiro atoms. The number of ether oxygens (including phenoxy) is 1. The number of nitrogens with zero attached hydrogens (tertiary/aromatic N) is 6. The Bertz CT molecular complexity index is 1170. The number of nitrogens with two attached hydrogens (primary N) is 1. The summed E-state index contributed by atoms with van der Waals surface area (Å²) in [4.78, 5) is 21.1. The van der Waals surface area contributed by atoms with E-state index in [1.165, 1.54) is 0 Å². The molecule has 1 aromatic carbocycles. The fourth-order valence-corrected chi connectivity index (χ4v) is 3.02. The van der Waals surface area contributed by atoms with Crippen molar-refractivity contribution in [1.82, 2.24) is 29.7 Å². The molecule has 0 aliphatic carbocycles. The van der Waals surface area contributed by atoms with Crippen molar-refractivity contribution in [2.75, 3.05) is 32.5 Å². The summed E-state index contributed by atoms with van der Waals surface area (Å²) in [5.41, 5.74) is 8.54. The lowest BCUT2D eigenvalue weighted by Crippen LogP contribution is -2.29.